The van der Waals surface area contributed by atoms with Crippen molar-refractivity contribution in [3.05, 3.63) is 0 Å². The summed E-state index contributed by atoms with van der Waals surface area (Å²) in [4.78, 5) is 4.74. The molecule has 1 aliphatic rings. The van der Waals surface area contributed by atoms with Crippen molar-refractivity contribution in [3.8, 4) is 0 Å². The van der Waals surface area contributed by atoms with Crippen LogP contribution < -0.4 is 0 Å². The van der Waals surface area contributed by atoms with Gasteiger partial charge in [0.05, 0.1) is 0 Å². The summed E-state index contributed by atoms with van der Waals surface area (Å²) >= 11 is 0. The Hall–Kier alpha value is 0.210. The molecule has 0 aliphatic carbocycles. The average Bonchev–Trinajstić information content (AvgIpc) is 1.85. The molecule has 1 atom stereocenters. The molecule has 0 saturated carbocycles. The maximum absolute atomic E-state index is 2.44. The van der Waals surface area contributed by atoms with Crippen molar-refractivity contribution in [2.45, 2.75) is 12.8 Å². The highest BCUT2D eigenvalue weighted by Gasteiger charge is 2.16. The van der Waals surface area contributed by atoms with E-state index >= 15 is 0 Å². The van der Waals surface area contributed by atoms with Crippen LogP contribution in [0, 0.1) is 5.92 Å². The molecule has 1 unspecified atom stereocenters. The number of halogens is 1. The van der Waals surface area contributed by atoms with Gasteiger partial charge in [-0.1, -0.05) is 0 Å². The van der Waals surface area contributed by atoms with Crippen LogP contribution >= 0.6 is 12.4 Å². The minimum absolute atomic E-state index is 0. The van der Waals surface area contributed by atoms with Crippen LogP contribution in [0.25, 0.3) is 0 Å². The van der Waals surface area contributed by atoms with Crippen molar-refractivity contribution in [1.29, 1.82) is 0 Å². The van der Waals surface area contributed by atoms with Crippen LogP contribution in [0.2, 0.25) is 0 Å². The quantitative estimate of drug-likeness (QED) is 0.651. The third-order valence-corrected chi connectivity index (χ3v) is 2.35. The largest absolute Gasteiger partial charge is 0.309 e. The molecule has 12 heavy (non-hydrogen) atoms. The zero-order valence-corrected chi connectivity index (χ0v) is 9.23. The van der Waals surface area contributed by atoms with Gasteiger partial charge in [0, 0.05) is 13.1 Å². The molecular formula is C9H21ClN2. The predicted molar refractivity (Wildman–Crippen MR) is 56.0 cm³/mol. The van der Waals surface area contributed by atoms with E-state index in [4.69, 9.17) is 0 Å². The molecule has 0 aromatic carbocycles. The fourth-order valence-electron chi connectivity index (χ4n) is 1.94. The van der Waals surface area contributed by atoms with Crippen molar-refractivity contribution >= 4 is 12.4 Å². The number of piperidine rings is 1. The van der Waals surface area contributed by atoms with Gasteiger partial charge in [0.25, 0.3) is 0 Å². The Balaban J connectivity index is 0.00000121. The molecule has 1 aliphatic heterocycles. The van der Waals surface area contributed by atoms with Gasteiger partial charge < -0.3 is 9.80 Å². The third-order valence-electron chi connectivity index (χ3n) is 2.35. The molecule has 2 nitrogen and oxygen atoms in total. The Morgan fingerprint density at radius 2 is 2.08 bits per heavy atom. The molecule has 0 amide bonds. The smallest absolute Gasteiger partial charge is 0.00188 e. The van der Waals surface area contributed by atoms with E-state index in [9.17, 15) is 0 Å². The summed E-state index contributed by atoms with van der Waals surface area (Å²) in [6.45, 7) is 3.84. The first-order valence-electron chi connectivity index (χ1n) is 4.52. The Morgan fingerprint density at radius 1 is 1.42 bits per heavy atom. The first kappa shape index (κ1) is 12.2. The van der Waals surface area contributed by atoms with Gasteiger partial charge in [-0.05, 0) is 46.4 Å². The lowest BCUT2D eigenvalue weighted by atomic mass is 9.98. The zero-order chi connectivity index (χ0) is 8.27. The second-order valence-corrected chi connectivity index (χ2v) is 4.03. The highest BCUT2D eigenvalue weighted by Crippen LogP contribution is 2.14. The number of hydrogen-bond donors (Lipinski definition) is 0. The first-order chi connectivity index (χ1) is 5.18. The van der Waals surface area contributed by atoms with Crippen molar-refractivity contribution in [1.82, 2.24) is 9.80 Å². The summed E-state index contributed by atoms with van der Waals surface area (Å²) in [7, 11) is 6.55. The van der Waals surface area contributed by atoms with Gasteiger partial charge >= 0.3 is 0 Å². The highest BCUT2D eigenvalue weighted by molar-refractivity contribution is 5.85. The fraction of sp³-hybridized carbons (Fsp3) is 1.00. The van der Waals surface area contributed by atoms with Crippen molar-refractivity contribution < 1.29 is 0 Å². The predicted octanol–water partition coefficient (Wildman–Crippen LogP) is 1.31. The maximum atomic E-state index is 2.44. The standard InChI is InChI=1S/C9H20N2.ClH/c1-10(2)7-9-5-4-6-11(3)8-9;/h9H,4-8H2,1-3H3;1H. The average molecular weight is 193 g/mol. The third kappa shape index (κ3) is 4.29. The molecule has 0 spiro atoms. The Labute approximate surface area is 82.3 Å². The number of likely N-dealkylation sites (tertiary alicyclic amines) is 1. The van der Waals surface area contributed by atoms with Crippen LogP contribution in [0.4, 0.5) is 0 Å². The SMILES string of the molecule is CN(C)CC1CCCN(C)C1.Cl. The second-order valence-electron chi connectivity index (χ2n) is 4.03. The van der Waals surface area contributed by atoms with Crippen LogP contribution in [0.15, 0.2) is 0 Å². The zero-order valence-electron chi connectivity index (χ0n) is 8.42. The van der Waals surface area contributed by atoms with Gasteiger partial charge in [-0.25, -0.2) is 0 Å². The van der Waals surface area contributed by atoms with Gasteiger partial charge in [-0.15, -0.1) is 12.4 Å². The summed E-state index contributed by atoms with van der Waals surface area (Å²) in [5, 5.41) is 0. The topological polar surface area (TPSA) is 6.48 Å². The minimum Gasteiger partial charge on any atom is -0.309 e. The van der Waals surface area contributed by atoms with Crippen molar-refractivity contribution in [2.24, 2.45) is 5.92 Å². The van der Waals surface area contributed by atoms with E-state index in [2.05, 4.69) is 30.9 Å². The van der Waals surface area contributed by atoms with E-state index in [1.54, 1.807) is 0 Å². The van der Waals surface area contributed by atoms with Crippen molar-refractivity contribution in [2.75, 3.05) is 40.8 Å². The Bertz CT molecular complexity index is 115. The Morgan fingerprint density at radius 3 is 2.58 bits per heavy atom. The lowest BCUT2D eigenvalue weighted by Crippen LogP contribution is -2.36. The summed E-state index contributed by atoms with van der Waals surface area (Å²) in [5.74, 6) is 0.906. The molecule has 0 radical (unpaired) electrons. The van der Waals surface area contributed by atoms with E-state index in [0.717, 1.165) is 5.92 Å². The second kappa shape index (κ2) is 5.79. The van der Waals surface area contributed by atoms with Crippen LogP contribution in [-0.4, -0.2) is 50.6 Å². The van der Waals surface area contributed by atoms with Gasteiger partial charge in [0.15, 0.2) is 0 Å². The van der Waals surface area contributed by atoms with Gasteiger partial charge in [0.1, 0.15) is 0 Å². The first-order valence-corrected chi connectivity index (χ1v) is 4.52. The van der Waals surface area contributed by atoms with Crippen LogP contribution in [-0.2, 0) is 0 Å². The van der Waals surface area contributed by atoms with E-state index in [-0.39, 0.29) is 12.4 Å². The van der Waals surface area contributed by atoms with E-state index in [1.165, 1.54) is 32.5 Å². The molecule has 0 aromatic rings. The molecule has 1 heterocycles. The lowest BCUT2D eigenvalue weighted by molar-refractivity contribution is 0.178. The number of nitrogens with zero attached hydrogens (tertiary/aromatic N) is 2. The molecule has 0 aromatic heterocycles. The van der Waals surface area contributed by atoms with Gasteiger partial charge in [-0.2, -0.15) is 0 Å². The monoisotopic (exact) mass is 192 g/mol. The minimum atomic E-state index is 0. The highest BCUT2D eigenvalue weighted by atomic mass is 35.5. The molecule has 1 fully saturated rings. The van der Waals surface area contributed by atoms with Crippen molar-refractivity contribution in [3.63, 3.8) is 0 Å². The molecule has 1 rings (SSSR count). The molecular weight excluding hydrogens is 172 g/mol. The van der Waals surface area contributed by atoms with E-state index in [0.29, 0.717) is 0 Å². The molecule has 1 saturated heterocycles. The van der Waals surface area contributed by atoms with E-state index < -0.39 is 0 Å². The number of rotatable bonds is 2. The summed E-state index contributed by atoms with van der Waals surface area (Å²) in [6.07, 6.45) is 2.80. The summed E-state index contributed by atoms with van der Waals surface area (Å²) < 4.78 is 0. The van der Waals surface area contributed by atoms with E-state index in [1.807, 2.05) is 0 Å². The Kier molecular flexibility index (Phi) is 5.89. The van der Waals surface area contributed by atoms with Crippen LogP contribution in [0.5, 0.6) is 0 Å². The summed E-state index contributed by atoms with van der Waals surface area (Å²) in [6, 6.07) is 0. The van der Waals surface area contributed by atoms with Gasteiger partial charge in [0.2, 0.25) is 0 Å². The molecule has 0 N–H and O–H groups in total. The normalized spacial score (nSPS) is 25.5. The molecule has 74 valence electrons. The summed E-state index contributed by atoms with van der Waals surface area (Å²) in [5.41, 5.74) is 0. The molecule has 0 bridgehead atoms. The van der Waals surface area contributed by atoms with Crippen LogP contribution in [0.3, 0.4) is 0 Å². The lowest BCUT2D eigenvalue weighted by Gasteiger charge is -2.31. The van der Waals surface area contributed by atoms with Gasteiger partial charge in [-0.3, -0.25) is 0 Å². The maximum Gasteiger partial charge on any atom is 0.00188 e. The fourth-order valence-corrected chi connectivity index (χ4v) is 1.94. The van der Waals surface area contributed by atoms with Crippen LogP contribution in [0.1, 0.15) is 12.8 Å². The number of hydrogen-bond acceptors (Lipinski definition) is 2. The molecule has 3 heteroatoms.